The summed E-state index contributed by atoms with van der Waals surface area (Å²) in [6, 6.07) is 0. The van der Waals surface area contributed by atoms with Gasteiger partial charge in [-0.2, -0.15) is 23.5 Å². The Labute approximate surface area is 94.8 Å². The molecule has 0 amide bonds. The molecule has 2 saturated heterocycles. The quantitative estimate of drug-likeness (QED) is 0.698. The summed E-state index contributed by atoms with van der Waals surface area (Å²) >= 11 is 4.03. The third kappa shape index (κ3) is 3.20. The van der Waals surface area contributed by atoms with E-state index in [1.807, 2.05) is 23.5 Å². The molecule has 3 heteroatoms. The van der Waals surface area contributed by atoms with Gasteiger partial charge in [0, 0.05) is 12.8 Å². The number of hydrogen-bond donors (Lipinski definition) is 0. The van der Waals surface area contributed by atoms with Crippen LogP contribution in [0.2, 0.25) is 0 Å². The van der Waals surface area contributed by atoms with Crippen molar-refractivity contribution in [1.82, 2.24) is 0 Å². The second kappa shape index (κ2) is 5.45. The molecule has 2 heterocycles. The number of Topliss-reactive ketones (excluding diaryl/α,β-unsaturated/α-hetero) is 1. The Morgan fingerprint density at radius 3 is 1.64 bits per heavy atom. The van der Waals surface area contributed by atoms with Gasteiger partial charge in [-0.05, 0) is 47.7 Å². The monoisotopic (exact) mass is 230 g/mol. The molecule has 0 radical (unpaired) electrons. The fraction of sp³-hybridized carbons (Fsp3) is 0.909. The number of hydrogen-bond acceptors (Lipinski definition) is 3. The third-order valence-corrected chi connectivity index (χ3v) is 5.91. The predicted molar refractivity (Wildman–Crippen MR) is 65.1 cm³/mol. The zero-order valence-corrected chi connectivity index (χ0v) is 10.2. The van der Waals surface area contributed by atoms with E-state index in [4.69, 9.17) is 0 Å². The van der Waals surface area contributed by atoms with Crippen molar-refractivity contribution in [1.29, 1.82) is 0 Å². The topological polar surface area (TPSA) is 17.1 Å². The number of carbonyl (C=O) groups is 1. The molecular weight excluding hydrogens is 212 g/mol. The summed E-state index contributed by atoms with van der Waals surface area (Å²) in [7, 11) is 0. The van der Waals surface area contributed by atoms with Gasteiger partial charge < -0.3 is 0 Å². The van der Waals surface area contributed by atoms with Crippen molar-refractivity contribution < 1.29 is 4.79 Å². The lowest BCUT2D eigenvalue weighted by molar-refractivity contribution is -0.119. The van der Waals surface area contributed by atoms with Crippen molar-refractivity contribution in [2.45, 2.75) is 25.7 Å². The van der Waals surface area contributed by atoms with Crippen LogP contribution in [0, 0.1) is 11.8 Å². The zero-order valence-electron chi connectivity index (χ0n) is 8.54. The zero-order chi connectivity index (χ0) is 9.80. The second-order valence-electron chi connectivity index (χ2n) is 4.42. The maximum Gasteiger partial charge on any atom is 0.132 e. The maximum absolute atomic E-state index is 11.5. The molecule has 0 aromatic rings. The SMILES string of the molecule is O=C(CCC1CSC1)CCC1CSC1. The van der Waals surface area contributed by atoms with Crippen molar-refractivity contribution in [2.75, 3.05) is 23.0 Å². The minimum Gasteiger partial charge on any atom is -0.300 e. The first-order valence-corrected chi connectivity index (χ1v) is 7.82. The molecule has 0 bridgehead atoms. The molecule has 0 saturated carbocycles. The molecule has 0 spiro atoms. The third-order valence-electron chi connectivity index (χ3n) is 3.08. The highest BCUT2D eigenvalue weighted by atomic mass is 32.2. The first-order chi connectivity index (χ1) is 6.84. The molecule has 0 aromatic heterocycles. The first kappa shape index (κ1) is 10.9. The molecule has 2 aliphatic rings. The predicted octanol–water partition coefficient (Wildman–Crippen LogP) is 2.84. The van der Waals surface area contributed by atoms with E-state index < -0.39 is 0 Å². The molecule has 0 aliphatic carbocycles. The van der Waals surface area contributed by atoms with Gasteiger partial charge >= 0.3 is 0 Å². The Kier molecular flexibility index (Phi) is 4.24. The van der Waals surface area contributed by atoms with E-state index in [0.717, 1.165) is 37.5 Å². The van der Waals surface area contributed by atoms with Gasteiger partial charge in [-0.1, -0.05) is 0 Å². The number of carbonyl (C=O) groups excluding carboxylic acids is 1. The van der Waals surface area contributed by atoms with Crippen LogP contribution < -0.4 is 0 Å². The molecule has 2 rings (SSSR count). The van der Waals surface area contributed by atoms with Crippen molar-refractivity contribution in [3.05, 3.63) is 0 Å². The standard InChI is InChI=1S/C11H18OS2/c12-11(3-1-9-5-13-6-9)4-2-10-7-14-8-10/h9-10H,1-8H2. The van der Waals surface area contributed by atoms with Crippen LogP contribution in [-0.4, -0.2) is 28.8 Å². The van der Waals surface area contributed by atoms with E-state index in [2.05, 4.69) is 0 Å². The van der Waals surface area contributed by atoms with Gasteiger partial charge in [0.05, 0.1) is 0 Å². The molecule has 2 aliphatic heterocycles. The summed E-state index contributed by atoms with van der Waals surface area (Å²) < 4.78 is 0. The van der Waals surface area contributed by atoms with E-state index in [9.17, 15) is 4.79 Å². The number of ketones is 1. The summed E-state index contributed by atoms with van der Waals surface area (Å²) in [5, 5.41) is 0. The minimum atomic E-state index is 0.513. The highest BCUT2D eigenvalue weighted by molar-refractivity contribution is 8.00. The smallest absolute Gasteiger partial charge is 0.132 e. The summed E-state index contributed by atoms with van der Waals surface area (Å²) in [5.41, 5.74) is 0. The average Bonchev–Trinajstić information content (AvgIpc) is 1.98. The van der Waals surface area contributed by atoms with Crippen LogP contribution >= 0.6 is 23.5 Å². The van der Waals surface area contributed by atoms with Gasteiger partial charge in [0.25, 0.3) is 0 Å². The molecule has 0 N–H and O–H groups in total. The molecule has 0 atom stereocenters. The second-order valence-corrected chi connectivity index (χ2v) is 6.57. The van der Waals surface area contributed by atoms with E-state index in [1.54, 1.807) is 0 Å². The van der Waals surface area contributed by atoms with E-state index >= 15 is 0 Å². The van der Waals surface area contributed by atoms with Gasteiger partial charge in [-0.3, -0.25) is 4.79 Å². The minimum absolute atomic E-state index is 0.513. The highest BCUT2D eigenvalue weighted by Crippen LogP contribution is 2.30. The summed E-state index contributed by atoms with van der Waals surface area (Å²) in [4.78, 5) is 11.5. The Morgan fingerprint density at radius 2 is 1.36 bits per heavy atom. The lowest BCUT2D eigenvalue weighted by atomic mass is 9.99. The fourth-order valence-electron chi connectivity index (χ4n) is 1.76. The Balaban J connectivity index is 1.49. The van der Waals surface area contributed by atoms with Crippen molar-refractivity contribution in [3.8, 4) is 0 Å². The summed E-state index contributed by atoms with van der Waals surface area (Å²) in [6.07, 6.45) is 4.02. The van der Waals surface area contributed by atoms with Crippen LogP contribution in [-0.2, 0) is 4.79 Å². The van der Waals surface area contributed by atoms with Gasteiger partial charge in [0.2, 0.25) is 0 Å². The summed E-state index contributed by atoms with van der Waals surface area (Å²) in [6.45, 7) is 0. The van der Waals surface area contributed by atoms with E-state index in [1.165, 1.54) is 23.0 Å². The number of rotatable bonds is 6. The normalized spacial score (nSPS) is 22.9. The van der Waals surface area contributed by atoms with Crippen molar-refractivity contribution >= 4 is 29.3 Å². The van der Waals surface area contributed by atoms with Gasteiger partial charge in [-0.15, -0.1) is 0 Å². The molecular formula is C11H18OS2. The molecule has 0 aromatic carbocycles. The van der Waals surface area contributed by atoms with Crippen LogP contribution in [0.25, 0.3) is 0 Å². The molecule has 2 fully saturated rings. The number of thioether (sulfide) groups is 2. The molecule has 0 unspecified atom stereocenters. The van der Waals surface area contributed by atoms with E-state index in [-0.39, 0.29) is 0 Å². The maximum atomic E-state index is 11.5. The van der Waals surface area contributed by atoms with Crippen LogP contribution in [0.15, 0.2) is 0 Å². The van der Waals surface area contributed by atoms with Crippen LogP contribution in [0.4, 0.5) is 0 Å². The Morgan fingerprint density at radius 1 is 0.929 bits per heavy atom. The molecule has 80 valence electrons. The Hall–Kier alpha value is 0.370. The lowest BCUT2D eigenvalue weighted by Crippen LogP contribution is -2.21. The van der Waals surface area contributed by atoms with Crippen molar-refractivity contribution in [2.24, 2.45) is 11.8 Å². The van der Waals surface area contributed by atoms with Gasteiger partial charge in [0.15, 0.2) is 0 Å². The van der Waals surface area contributed by atoms with Crippen LogP contribution in [0.3, 0.4) is 0 Å². The molecule has 14 heavy (non-hydrogen) atoms. The lowest BCUT2D eigenvalue weighted by Gasteiger charge is -2.25. The first-order valence-electron chi connectivity index (χ1n) is 5.52. The molecule has 1 nitrogen and oxygen atoms in total. The highest BCUT2D eigenvalue weighted by Gasteiger charge is 2.21. The van der Waals surface area contributed by atoms with Gasteiger partial charge in [-0.25, -0.2) is 0 Å². The van der Waals surface area contributed by atoms with Crippen LogP contribution in [0.5, 0.6) is 0 Å². The Bertz CT molecular complexity index is 177. The fourth-order valence-corrected chi connectivity index (χ4v) is 3.56. The van der Waals surface area contributed by atoms with Gasteiger partial charge in [0.1, 0.15) is 5.78 Å². The van der Waals surface area contributed by atoms with Crippen molar-refractivity contribution in [3.63, 3.8) is 0 Å². The summed E-state index contributed by atoms with van der Waals surface area (Å²) in [5.74, 6) is 7.43. The largest absolute Gasteiger partial charge is 0.300 e. The van der Waals surface area contributed by atoms with Crippen LogP contribution in [0.1, 0.15) is 25.7 Å². The van der Waals surface area contributed by atoms with E-state index in [0.29, 0.717) is 5.78 Å². The average molecular weight is 230 g/mol.